The standard InChI is InChI=1S/C26H23F2N3O2/c1-17-5-3-7-22(15-17)31-26(33-23-8-4-6-20(28)16-23)24(18(2)30-31)13-14-25(32)29-21-11-9-19(27)10-12-21/h3-12,15-16H,13-14H2,1-2H3,(H,29,32). The van der Waals surface area contributed by atoms with Gasteiger partial charge in [-0.1, -0.05) is 18.2 Å². The molecule has 0 aliphatic heterocycles. The highest BCUT2D eigenvalue weighted by molar-refractivity contribution is 5.90. The SMILES string of the molecule is Cc1cccc(-n2nc(C)c(CCC(=O)Nc3ccc(F)cc3)c2Oc2cccc(F)c2)c1. The van der Waals surface area contributed by atoms with Gasteiger partial charge in [0.15, 0.2) is 0 Å². The molecule has 0 atom stereocenters. The lowest BCUT2D eigenvalue weighted by molar-refractivity contribution is -0.116. The molecule has 33 heavy (non-hydrogen) atoms. The van der Waals surface area contributed by atoms with E-state index in [0.717, 1.165) is 16.8 Å². The smallest absolute Gasteiger partial charge is 0.226 e. The Bertz CT molecular complexity index is 1280. The first-order valence-electron chi connectivity index (χ1n) is 10.5. The molecule has 4 rings (SSSR count). The normalized spacial score (nSPS) is 10.8. The van der Waals surface area contributed by atoms with Gasteiger partial charge in [-0.3, -0.25) is 4.79 Å². The molecule has 0 saturated heterocycles. The number of hydrogen-bond donors (Lipinski definition) is 1. The molecule has 0 unspecified atom stereocenters. The summed E-state index contributed by atoms with van der Waals surface area (Å²) in [7, 11) is 0. The van der Waals surface area contributed by atoms with Gasteiger partial charge in [0.1, 0.15) is 17.4 Å². The molecule has 1 aromatic heterocycles. The second-order valence-corrected chi connectivity index (χ2v) is 7.73. The van der Waals surface area contributed by atoms with Crippen molar-refractivity contribution in [1.29, 1.82) is 0 Å². The molecule has 1 heterocycles. The van der Waals surface area contributed by atoms with Gasteiger partial charge in [-0.05, 0) is 74.4 Å². The van der Waals surface area contributed by atoms with Gasteiger partial charge in [0.25, 0.3) is 0 Å². The average molecular weight is 447 g/mol. The Balaban J connectivity index is 1.62. The average Bonchev–Trinajstić information content (AvgIpc) is 3.09. The molecule has 0 aliphatic carbocycles. The minimum Gasteiger partial charge on any atom is -0.439 e. The van der Waals surface area contributed by atoms with Gasteiger partial charge < -0.3 is 10.1 Å². The summed E-state index contributed by atoms with van der Waals surface area (Å²) in [5.41, 5.74) is 3.82. The number of carbonyl (C=O) groups is 1. The highest BCUT2D eigenvalue weighted by atomic mass is 19.1. The Morgan fingerprint density at radius 3 is 2.45 bits per heavy atom. The van der Waals surface area contributed by atoms with Crippen LogP contribution in [0.5, 0.6) is 11.6 Å². The minimum atomic E-state index is -0.411. The molecule has 0 radical (unpaired) electrons. The van der Waals surface area contributed by atoms with Crippen molar-refractivity contribution < 1.29 is 18.3 Å². The zero-order valence-electron chi connectivity index (χ0n) is 18.3. The number of nitrogens with zero attached hydrogens (tertiary/aromatic N) is 2. The van der Waals surface area contributed by atoms with Crippen molar-refractivity contribution in [3.05, 3.63) is 101 Å². The summed E-state index contributed by atoms with van der Waals surface area (Å²) in [6.07, 6.45) is 0.520. The zero-order chi connectivity index (χ0) is 23.4. The monoisotopic (exact) mass is 447 g/mol. The van der Waals surface area contributed by atoms with Gasteiger partial charge in [0, 0.05) is 23.7 Å². The van der Waals surface area contributed by atoms with Gasteiger partial charge in [-0.25, -0.2) is 13.5 Å². The first-order valence-corrected chi connectivity index (χ1v) is 10.5. The lowest BCUT2D eigenvalue weighted by Gasteiger charge is -2.12. The minimum absolute atomic E-state index is 0.164. The largest absolute Gasteiger partial charge is 0.439 e. The van der Waals surface area contributed by atoms with Crippen molar-refractivity contribution in [2.75, 3.05) is 5.32 Å². The van der Waals surface area contributed by atoms with Crippen LogP contribution >= 0.6 is 0 Å². The molecule has 4 aromatic rings. The predicted molar refractivity (Wildman–Crippen MR) is 123 cm³/mol. The van der Waals surface area contributed by atoms with Gasteiger partial charge >= 0.3 is 0 Å². The first-order chi connectivity index (χ1) is 15.9. The van der Waals surface area contributed by atoms with Crippen molar-refractivity contribution in [2.45, 2.75) is 26.7 Å². The number of halogens is 2. The number of carbonyl (C=O) groups excluding carboxylic acids is 1. The topological polar surface area (TPSA) is 56.2 Å². The second kappa shape index (κ2) is 9.65. The summed E-state index contributed by atoms with van der Waals surface area (Å²) in [6.45, 7) is 3.83. The van der Waals surface area contributed by atoms with Crippen LogP contribution in [0, 0.1) is 25.5 Å². The van der Waals surface area contributed by atoms with Crippen LogP contribution in [0.3, 0.4) is 0 Å². The van der Waals surface area contributed by atoms with Gasteiger partial charge in [0.2, 0.25) is 11.8 Å². The van der Waals surface area contributed by atoms with Crippen molar-refractivity contribution in [2.24, 2.45) is 0 Å². The third kappa shape index (κ3) is 5.44. The number of rotatable bonds is 7. The molecule has 0 bridgehead atoms. The Labute approximate surface area is 190 Å². The number of ether oxygens (including phenoxy) is 1. The molecule has 168 valence electrons. The van der Waals surface area contributed by atoms with Crippen molar-refractivity contribution in [3.63, 3.8) is 0 Å². The van der Waals surface area contributed by atoms with E-state index in [4.69, 9.17) is 4.74 Å². The van der Waals surface area contributed by atoms with E-state index in [0.29, 0.717) is 29.4 Å². The van der Waals surface area contributed by atoms with Gasteiger partial charge in [-0.2, -0.15) is 5.10 Å². The maximum absolute atomic E-state index is 13.8. The van der Waals surface area contributed by atoms with Crippen LogP contribution < -0.4 is 10.1 Å². The lowest BCUT2D eigenvalue weighted by atomic mass is 10.1. The molecule has 0 spiro atoms. The molecule has 0 saturated carbocycles. The van der Waals surface area contributed by atoms with Crippen molar-refractivity contribution in [3.8, 4) is 17.3 Å². The molecule has 5 nitrogen and oxygen atoms in total. The third-order valence-corrected chi connectivity index (χ3v) is 5.12. The van der Waals surface area contributed by atoms with E-state index in [1.807, 2.05) is 38.1 Å². The van der Waals surface area contributed by atoms with E-state index in [9.17, 15) is 13.6 Å². The summed E-state index contributed by atoms with van der Waals surface area (Å²) < 4.78 is 34.6. The molecular weight excluding hydrogens is 424 g/mol. The van der Waals surface area contributed by atoms with Gasteiger partial charge in [0.05, 0.1) is 11.4 Å². The van der Waals surface area contributed by atoms with Crippen LogP contribution in [0.4, 0.5) is 14.5 Å². The number of anilines is 1. The fourth-order valence-corrected chi connectivity index (χ4v) is 3.50. The van der Waals surface area contributed by atoms with Crippen LogP contribution in [0.25, 0.3) is 5.69 Å². The maximum atomic E-state index is 13.8. The highest BCUT2D eigenvalue weighted by Crippen LogP contribution is 2.32. The zero-order valence-corrected chi connectivity index (χ0v) is 18.3. The Hall–Kier alpha value is -4.00. The quantitative estimate of drug-likeness (QED) is 0.371. The second-order valence-electron chi connectivity index (χ2n) is 7.73. The number of amides is 1. The van der Waals surface area contributed by atoms with Gasteiger partial charge in [-0.15, -0.1) is 0 Å². The van der Waals surface area contributed by atoms with Crippen LogP contribution in [-0.4, -0.2) is 15.7 Å². The number of benzene rings is 3. The van der Waals surface area contributed by atoms with E-state index in [1.165, 1.54) is 36.4 Å². The highest BCUT2D eigenvalue weighted by Gasteiger charge is 2.20. The summed E-state index contributed by atoms with van der Waals surface area (Å²) in [4.78, 5) is 12.5. The molecule has 0 fully saturated rings. The van der Waals surface area contributed by atoms with Crippen molar-refractivity contribution in [1.82, 2.24) is 9.78 Å². The van der Waals surface area contributed by atoms with Crippen LogP contribution in [-0.2, 0) is 11.2 Å². The fraction of sp³-hybridized carbons (Fsp3) is 0.154. The maximum Gasteiger partial charge on any atom is 0.226 e. The number of nitrogens with one attached hydrogen (secondary N) is 1. The summed E-state index contributed by atoms with van der Waals surface area (Å²) >= 11 is 0. The number of aromatic nitrogens is 2. The molecule has 3 aromatic carbocycles. The van der Waals surface area contributed by atoms with E-state index < -0.39 is 5.82 Å². The summed E-state index contributed by atoms with van der Waals surface area (Å²) in [6, 6.07) is 19.2. The van der Waals surface area contributed by atoms with E-state index in [-0.39, 0.29) is 18.1 Å². The van der Waals surface area contributed by atoms with Crippen LogP contribution in [0.15, 0.2) is 72.8 Å². The summed E-state index contributed by atoms with van der Waals surface area (Å²) in [5, 5.41) is 7.39. The first kappa shape index (κ1) is 22.2. The number of hydrogen-bond acceptors (Lipinski definition) is 3. The van der Waals surface area contributed by atoms with E-state index in [1.54, 1.807) is 16.8 Å². The predicted octanol–water partition coefficient (Wildman–Crippen LogP) is 6.13. The Kier molecular flexibility index (Phi) is 6.49. The van der Waals surface area contributed by atoms with Crippen LogP contribution in [0.1, 0.15) is 23.2 Å². The van der Waals surface area contributed by atoms with Crippen molar-refractivity contribution >= 4 is 11.6 Å². The lowest BCUT2D eigenvalue weighted by Crippen LogP contribution is -2.12. The fourth-order valence-electron chi connectivity index (χ4n) is 3.50. The molecule has 0 aliphatic rings. The van der Waals surface area contributed by atoms with Crippen LogP contribution in [0.2, 0.25) is 0 Å². The molecule has 1 amide bonds. The molecule has 7 heteroatoms. The Morgan fingerprint density at radius 2 is 1.73 bits per heavy atom. The van der Waals surface area contributed by atoms with E-state index >= 15 is 0 Å². The Morgan fingerprint density at radius 1 is 0.970 bits per heavy atom. The summed E-state index contributed by atoms with van der Waals surface area (Å²) in [5.74, 6) is -0.238. The molecule has 1 N–H and O–H groups in total. The number of aryl methyl sites for hydroxylation is 2. The third-order valence-electron chi connectivity index (χ3n) is 5.12. The van der Waals surface area contributed by atoms with E-state index in [2.05, 4.69) is 10.4 Å². The molecular formula is C26H23F2N3O2.